The lowest BCUT2D eigenvalue weighted by Crippen LogP contribution is -2.32. The quantitative estimate of drug-likeness (QED) is 0.500. The Kier molecular flexibility index (Phi) is 6.15. The highest BCUT2D eigenvalue weighted by Crippen LogP contribution is 2.38. The largest absolute Gasteiger partial charge is 0.490 e. The van der Waals surface area contributed by atoms with E-state index in [-0.39, 0.29) is 17.1 Å². The third-order valence-electron chi connectivity index (χ3n) is 5.69. The Labute approximate surface area is 187 Å². The molecule has 1 aromatic heterocycles. The fourth-order valence-corrected chi connectivity index (χ4v) is 4.17. The molecule has 0 bridgehead atoms. The Morgan fingerprint density at radius 3 is 2.59 bits per heavy atom. The molecule has 1 amide bonds. The van der Waals surface area contributed by atoms with E-state index in [1.54, 1.807) is 17.0 Å². The van der Waals surface area contributed by atoms with Crippen molar-refractivity contribution < 1.29 is 13.9 Å². The second kappa shape index (κ2) is 9.01. The Morgan fingerprint density at radius 1 is 1.16 bits per heavy atom. The Bertz CT molecular complexity index is 1210. The van der Waals surface area contributed by atoms with Crippen LogP contribution in [0.1, 0.15) is 39.7 Å². The number of carbonyl (C=O) groups is 1. The van der Waals surface area contributed by atoms with Gasteiger partial charge in [-0.15, -0.1) is 0 Å². The van der Waals surface area contributed by atoms with Gasteiger partial charge >= 0.3 is 0 Å². The number of amides is 1. The molecule has 3 aromatic rings. The van der Waals surface area contributed by atoms with Gasteiger partial charge in [-0.05, 0) is 63.8 Å². The van der Waals surface area contributed by atoms with Gasteiger partial charge in [0.1, 0.15) is 17.9 Å². The van der Waals surface area contributed by atoms with E-state index in [0.717, 1.165) is 24.1 Å². The molecule has 1 aliphatic rings. The molecule has 1 atom stereocenters. The van der Waals surface area contributed by atoms with Crippen molar-refractivity contribution in [2.75, 3.05) is 33.8 Å². The van der Waals surface area contributed by atoms with Crippen LogP contribution >= 0.6 is 0 Å². The molecule has 0 fully saturated rings. The smallest absolute Gasteiger partial charge is 0.290 e. The van der Waals surface area contributed by atoms with Gasteiger partial charge in [0.2, 0.25) is 5.76 Å². The highest BCUT2D eigenvalue weighted by molar-refractivity contribution is 5.99. The second-order valence-electron chi connectivity index (χ2n) is 8.40. The molecule has 1 unspecified atom stereocenters. The number of rotatable bonds is 8. The van der Waals surface area contributed by atoms with Crippen molar-refractivity contribution in [3.63, 3.8) is 0 Å². The number of hydrogen-bond acceptors (Lipinski definition) is 5. The van der Waals surface area contributed by atoms with E-state index in [9.17, 15) is 9.59 Å². The summed E-state index contributed by atoms with van der Waals surface area (Å²) in [5.41, 5.74) is 2.53. The Hall–Kier alpha value is -3.38. The normalized spacial score (nSPS) is 15.4. The molecule has 4 rings (SSSR count). The minimum absolute atomic E-state index is 0.146. The van der Waals surface area contributed by atoms with Crippen LogP contribution in [0.3, 0.4) is 0 Å². The summed E-state index contributed by atoms with van der Waals surface area (Å²) >= 11 is 0. The maximum atomic E-state index is 13.6. The van der Waals surface area contributed by atoms with Crippen LogP contribution in [-0.2, 0) is 0 Å². The molecule has 2 aromatic carbocycles. The van der Waals surface area contributed by atoms with E-state index < -0.39 is 6.04 Å². The first-order valence-corrected chi connectivity index (χ1v) is 10.8. The number of aryl methyl sites for hydroxylation is 1. The summed E-state index contributed by atoms with van der Waals surface area (Å²) in [5.74, 6) is 0.613. The van der Waals surface area contributed by atoms with E-state index in [2.05, 4.69) is 11.5 Å². The summed E-state index contributed by atoms with van der Waals surface area (Å²) in [5, 5.41) is 0.502. The third kappa shape index (κ3) is 4.06. The van der Waals surface area contributed by atoms with Gasteiger partial charge < -0.3 is 19.0 Å². The minimum atomic E-state index is -0.491. The fraction of sp³-hybridized carbons (Fsp3) is 0.308. The summed E-state index contributed by atoms with van der Waals surface area (Å²) < 4.78 is 11.6. The van der Waals surface area contributed by atoms with Crippen molar-refractivity contribution in [1.82, 2.24) is 9.80 Å². The molecule has 1 aliphatic heterocycles. The van der Waals surface area contributed by atoms with Crippen LogP contribution in [0.25, 0.3) is 11.0 Å². The number of ether oxygens (including phenoxy) is 1. The van der Waals surface area contributed by atoms with Gasteiger partial charge in [-0.3, -0.25) is 9.59 Å². The van der Waals surface area contributed by atoms with Gasteiger partial charge in [0.15, 0.2) is 5.43 Å². The molecule has 32 heavy (non-hydrogen) atoms. The van der Waals surface area contributed by atoms with Gasteiger partial charge in [-0.1, -0.05) is 36.4 Å². The van der Waals surface area contributed by atoms with Crippen LogP contribution in [-0.4, -0.2) is 49.5 Å². The summed E-state index contributed by atoms with van der Waals surface area (Å²) in [6.07, 6.45) is 2.47. The van der Waals surface area contributed by atoms with Crippen LogP contribution in [0.4, 0.5) is 0 Å². The molecular formula is C26H28N2O4. The number of benzene rings is 2. The summed E-state index contributed by atoms with van der Waals surface area (Å²) in [6, 6.07) is 12.5. The SMILES string of the molecule is C=CCOc1ccc(C2c3c(oc4ccc(C)cc4c3=O)C(=O)N2CCCN(C)C)cc1. The first kappa shape index (κ1) is 21.8. The zero-order valence-corrected chi connectivity index (χ0v) is 18.8. The molecule has 0 saturated heterocycles. The van der Waals surface area contributed by atoms with E-state index >= 15 is 0 Å². The van der Waals surface area contributed by atoms with Crippen LogP contribution in [0.5, 0.6) is 5.75 Å². The van der Waals surface area contributed by atoms with Crippen LogP contribution < -0.4 is 10.2 Å². The topological polar surface area (TPSA) is 63.0 Å². The first-order valence-electron chi connectivity index (χ1n) is 10.8. The second-order valence-corrected chi connectivity index (χ2v) is 8.40. The fourth-order valence-electron chi connectivity index (χ4n) is 4.17. The molecule has 0 aliphatic carbocycles. The van der Waals surface area contributed by atoms with Crippen molar-refractivity contribution in [3.8, 4) is 5.75 Å². The van der Waals surface area contributed by atoms with E-state index in [0.29, 0.717) is 35.4 Å². The molecule has 0 radical (unpaired) electrons. The average Bonchev–Trinajstić information content (AvgIpc) is 3.05. The van der Waals surface area contributed by atoms with Crippen LogP contribution in [0.15, 0.2) is 64.3 Å². The zero-order valence-electron chi connectivity index (χ0n) is 18.8. The van der Waals surface area contributed by atoms with E-state index in [1.165, 1.54) is 0 Å². The molecule has 0 spiro atoms. The molecule has 0 N–H and O–H groups in total. The summed E-state index contributed by atoms with van der Waals surface area (Å²) in [4.78, 5) is 30.8. The standard InChI is InChI=1S/C26H28N2O4/c1-5-15-31-19-10-8-18(9-11-19)23-22-24(29)20-16-17(2)7-12-21(20)32-25(22)26(30)28(23)14-6-13-27(3)4/h5,7-12,16,23H,1,6,13-15H2,2-4H3. The van der Waals surface area contributed by atoms with Crippen LogP contribution in [0.2, 0.25) is 0 Å². The van der Waals surface area contributed by atoms with Gasteiger partial charge in [0.25, 0.3) is 5.91 Å². The number of nitrogens with zero attached hydrogens (tertiary/aromatic N) is 2. The minimum Gasteiger partial charge on any atom is -0.490 e. The number of carbonyl (C=O) groups excluding carboxylic acids is 1. The van der Waals surface area contributed by atoms with Crippen molar-refractivity contribution >= 4 is 16.9 Å². The van der Waals surface area contributed by atoms with Gasteiger partial charge in [-0.2, -0.15) is 0 Å². The van der Waals surface area contributed by atoms with Gasteiger partial charge in [0, 0.05) is 6.54 Å². The van der Waals surface area contributed by atoms with Crippen LogP contribution in [0, 0.1) is 6.92 Å². The maximum absolute atomic E-state index is 13.6. The van der Waals surface area contributed by atoms with Crippen molar-refractivity contribution in [1.29, 1.82) is 0 Å². The third-order valence-corrected chi connectivity index (χ3v) is 5.69. The molecule has 2 heterocycles. The van der Waals surface area contributed by atoms with Crippen molar-refractivity contribution in [2.45, 2.75) is 19.4 Å². The lowest BCUT2D eigenvalue weighted by atomic mass is 9.98. The summed E-state index contributed by atoms with van der Waals surface area (Å²) in [6.45, 7) is 7.37. The summed E-state index contributed by atoms with van der Waals surface area (Å²) in [7, 11) is 4.00. The maximum Gasteiger partial charge on any atom is 0.290 e. The highest BCUT2D eigenvalue weighted by Gasteiger charge is 2.42. The molecule has 6 heteroatoms. The van der Waals surface area contributed by atoms with Gasteiger partial charge in [-0.25, -0.2) is 0 Å². The lowest BCUT2D eigenvalue weighted by Gasteiger charge is -2.26. The van der Waals surface area contributed by atoms with E-state index in [4.69, 9.17) is 9.15 Å². The Balaban J connectivity index is 1.81. The number of hydrogen-bond donors (Lipinski definition) is 0. The van der Waals surface area contributed by atoms with E-state index in [1.807, 2.05) is 57.4 Å². The molecular weight excluding hydrogens is 404 g/mol. The molecule has 6 nitrogen and oxygen atoms in total. The highest BCUT2D eigenvalue weighted by atomic mass is 16.5. The predicted octanol–water partition coefficient (Wildman–Crippen LogP) is 4.16. The molecule has 0 saturated carbocycles. The van der Waals surface area contributed by atoms with Crippen molar-refractivity contribution in [3.05, 3.63) is 87.8 Å². The predicted molar refractivity (Wildman–Crippen MR) is 125 cm³/mol. The lowest BCUT2D eigenvalue weighted by molar-refractivity contribution is 0.0722. The molecule has 166 valence electrons. The van der Waals surface area contributed by atoms with Gasteiger partial charge in [0.05, 0.1) is 17.0 Å². The van der Waals surface area contributed by atoms with Crippen molar-refractivity contribution in [2.24, 2.45) is 0 Å². The monoisotopic (exact) mass is 432 g/mol. The number of fused-ring (bicyclic) bond motifs is 2. The Morgan fingerprint density at radius 2 is 1.91 bits per heavy atom. The first-order chi connectivity index (χ1) is 15.4. The average molecular weight is 433 g/mol. The zero-order chi connectivity index (χ0) is 22.8.